The molecular formula is C13H23N3O2S. The number of nitrogens with zero attached hydrogens (tertiary/aromatic N) is 2. The van der Waals surface area contributed by atoms with Gasteiger partial charge in [0.1, 0.15) is 0 Å². The number of nitrogens with one attached hydrogen (secondary N) is 1. The van der Waals surface area contributed by atoms with Crippen LogP contribution in [-0.2, 0) is 11.3 Å². The molecule has 2 atom stereocenters. The fraction of sp³-hybridized carbons (Fsp3) is 0.769. The molecule has 0 bridgehead atoms. The minimum Gasteiger partial charge on any atom is -0.493 e. The van der Waals surface area contributed by atoms with Gasteiger partial charge in [0.25, 0.3) is 0 Å². The minimum atomic E-state index is 0.122. The van der Waals surface area contributed by atoms with E-state index in [9.17, 15) is 0 Å². The van der Waals surface area contributed by atoms with Crippen molar-refractivity contribution in [2.45, 2.75) is 32.0 Å². The van der Waals surface area contributed by atoms with Gasteiger partial charge in [0.15, 0.2) is 5.75 Å². The molecule has 2 unspecified atom stereocenters. The number of hydrogen-bond acceptors (Lipinski definition) is 5. The van der Waals surface area contributed by atoms with E-state index in [-0.39, 0.29) is 12.1 Å². The Morgan fingerprint density at radius 1 is 1.68 bits per heavy atom. The summed E-state index contributed by atoms with van der Waals surface area (Å²) in [6.07, 6.45) is 3.02. The number of aryl methyl sites for hydroxylation is 1. The predicted octanol–water partition coefficient (Wildman–Crippen LogP) is 1.69. The van der Waals surface area contributed by atoms with Crippen LogP contribution in [0.25, 0.3) is 0 Å². The van der Waals surface area contributed by atoms with Gasteiger partial charge in [0, 0.05) is 18.1 Å². The van der Waals surface area contributed by atoms with Gasteiger partial charge in [-0.3, -0.25) is 4.68 Å². The zero-order valence-electron chi connectivity index (χ0n) is 11.9. The Balaban J connectivity index is 2.26. The zero-order valence-corrected chi connectivity index (χ0v) is 12.7. The average Bonchev–Trinajstić information content (AvgIpc) is 2.85. The number of methoxy groups -OCH3 is 1. The van der Waals surface area contributed by atoms with Crippen molar-refractivity contribution in [2.24, 2.45) is 0 Å². The average molecular weight is 285 g/mol. The van der Waals surface area contributed by atoms with Gasteiger partial charge in [-0.1, -0.05) is 6.92 Å². The smallest absolute Gasteiger partial charge is 0.161 e. The van der Waals surface area contributed by atoms with Crippen molar-refractivity contribution in [3.05, 3.63) is 11.9 Å². The van der Waals surface area contributed by atoms with Crippen LogP contribution in [0.4, 0.5) is 0 Å². The molecule has 2 rings (SSSR count). The largest absolute Gasteiger partial charge is 0.493 e. The van der Waals surface area contributed by atoms with E-state index >= 15 is 0 Å². The second-order valence-corrected chi connectivity index (χ2v) is 5.72. The van der Waals surface area contributed by atoms with Crippen LogP contribution in [0, 0.1) is 0 Å². The maximum absolute atomic E-state index is 5.91. The minimum absolute atomic E-state index is 0.122. The van der Waals surface area contributed by atoms with E-state index in [4.69, 9.17) is 9.47 Å². The summed E-state index contributed by atoms with van der Waals surface area (Å²) >= 11 is 1.94. The molecule has 1 aliphatic heterocycles. The molecule has 0 aromatic carbocycles. The van der Waals surface area contributed by atoms with E-state index in [0.717, 1.165) is 42.5 Å². The van der Waals surface area contributed by atoms with Crippen LogP contribution in [0.2, 0.25) is 0 Å². The molecule has 108 valence electrons. The summed E-state index contributed by atoms with van der Waals surface area (Å²) in [5.74, 6) is 2.93. The molecule has 0 aliphatic carbocycles. The molecule has 5 nitrogen and oxygen atoms in total. The van der Waals surface area contributed by atoms with Crippen molar-refractivity contribution in [1.29, 1.82) is 0 Å². The summed E-state index contributed by atoms with van der Waals surface area (Å²) in [5, 5.41) is 7.80. The van der Waals surface area contributed by atoms with Crippen LogP contribution in [0.15, 0.2) is 6.20 Å². The maximum Gasteiger partial charge on any atom is 0.161 e. The van der Waals surface area contributed by atoms with E-state index in [1.807, 2.05) is 23.5 Å². The molecule has 0 amide bonds. The molecule has 0 saturated carbocycles. The van der Waals surface area contributed by atoms with E-state index < -0.39 is 0 Å². The monoisotopic (exact) mass is 285 g/mol. The Bertz CT molecular complexity index is 391. The Labute approximate surface area is 119 Å². The summed E-state index contributed by atoms with van der Waals surface area (Å²) in [4.78, 5) is 0. The molecule has 0 radical (unpaired) electrons. The Morgan fingerprint density at radius 2 is 2.53 bits per heavy atom. The van der Waals surface area contributed by atoms with Crippen LogP contribution in [-0.4, -0.2) is 48.2 Å². The highest BCUT2D eigenvalue weighted by atomic mass is 32.2. The van der Waals surface area contributed by atoms with Gasteiger partial charge in [-0.05, 0) is 13.5 Å². The fourth-order valence-corrected chi connectivity index (χ4v) is 3.34. The topological polar surface area (TPSA) is 48.3 Å². The highest BCUT2D eigenvalue weighted by molar-refractivity contribution is 7.99. The SMILES string of the molecule is CCCn1ncc(OC)c1C(NC)C1CSCCO1. The molecule has 1 saturated heterocycles. The lowest BCUT2D eigenvalue weighted by molar-refractivity contribution is 0.0458. The van der Waals surface area contributed by atoms with Gasteiger partial charge in [0.05, 0.1) is 37.8 Å². The number of hydrogen-bond donors (Lipinski definition) is 1. The first-order chi connectivity index (χ1) is 9.31. The van der Waals surface area contributed by atoms with Gasteiger partial charge < -0.3 is 14.8 Å². The lowest BCUT2D eigenvalue weighted by atomic mass is 10.1. The van der Waals surface area contributed by atoms with Gasteiger partial charge in [-0.15, -0.1) is 0 Å². The summed E-state index contributed by atoms with van der Waals surface area (Å²) in [6.45, 7) is 3.87. The van der Waals surface area contributed by atoms with Crippen LogP contribution >= 0.6 is 11.8 Å². The lowest BCUT2D eigenvalue weighted by Crippen LogP contribution is -2.38. The van der Waals surface area contributed by atoms with Crippen LogP contribution in [0.3, 0.4) is 0 Å². The molecule has 6 heteroatoms. The van der Waals surface area contributed by atoms with E-state index in [1.54, 1.807) is 13.3 Å². The fourth-order valence-electron chi connectivity index (χ4n) is 2.44. The van der Waals surface area contributed by atoms with E-state index in [1.165, 1.54) is 0 Å². The lowest BCUT2D eigenvalue weighted by Gasteiger charge is -2.30. The van der Waals surface area contributed by atoms with Crippen LogP contribution in [0.1, 0.15) is 25.1 Å². The summed E-state index contributed by atoms with van der Waals surface area (Å²) in [7, 11) is 3.66. The van der Waals surface area contributed by atoms with Crippen molar-refractivity contribution in [3.8, 4) is 5.75 Å². The quantitative estimate of drug-likeness (QED) is 0.862. The van der Waals surface area contributed by atoms with Gasteiger partial charge in [0.2, 0.25) is 0 Å². The summed E-state index contributed by atoms with van der Waals surface area (Å²) < 4.78 is 13.4. The summed E-state index contributed by atoms with van der Waals surface area (Å²) in [6, 6.07) is 0.122. The van der Waals surface area contributed by atoms with Crippen molar-refractivity contribution in [2.75, 3.05) is 32.3 Å². The Morgan fingerprint density at radius 3 is 3.11 bits per heavy atom. The predicted molar refractivity (Wildman–Crippen MR) is 77.9 cm³/mol. The highest BCUT2D eigenvalue weighted by Gasteiger charge is 2.30. The second-order valence-electron chi connectivity index (χ2n) is 4.57. The van der Waals surface area contributed by atoms with Crippen molar-refractivity contribution >= 4 is 11.8 Å². The molecule has 1 aromatic rings. The number of rotatable bonds is 6. The molecule has 1 N–H and O–H groups in total. The molecule has 19 heavy (non-hydrogen) atoms. The van der Waals surface area contributed by atoms with E-state index in [2.05, 4.69) is 17.3 Å². The number of aromatic nitrogens is 2. The first kappa shape index (κ1) is 14.7. The van der Waals surface area contributed by atoms with Gasteiger partial charge in [-0.25, -0.2) is 0 Å². The third-order valence-electron chi connectivity index (χ3n) is 3.32. The van der Waals surface area contributed by atoms with Gasteiger partial charge in [-0.2, -0.15) is 16.9 Å². The summed E-state index contributed by atoms with van der Waals surface area (Å²) in [5.41, 5.74) is 1.10. The molecule has 1 aromatic heterocycles. The van der Waals surface area contributed by atoms with Crippen molar-refractivity contribution in [1.82, 2.24) is 15.1 Å². The van der Waals surface area contributed by atoms with Crippen molar-refractivity contribution < 1.29 is 9.47 Å². The molecular weight excluding hydrogens is 262 g/mol. The van der Waals surface area contributed by atoms with Crippen molar-refractivity contribution in [3.63, 3.8) is 0 Å². The van der Waals surface area contributed by atoms with E-state index in [0.29, 0.717) is 0 Å². The van der Waals surface area contributed by atoms with Gasteiger partial charge >= 0.3 is 0 Å². The molecule has 1 aliphatic rings. The third-order valence-corrected chi connectivity index (χ3v) is 4.34. The number of likely N-dealkylation sites (N-methyl/N-ethyl adjacent to an activating group) is 1. The number of ether oxygens (including phenoxy) is 2. The van der Waals surface area contributed by atoms with Crippen LogP contribution in [0.5, 0.6) is 5.75 Å². The zero-order chi connectivity index (χ0) is 13.7. The molecule has 1 fully saturated rings. The first-order valence-electron chi connectivity index (χ1n) is 6.78. The Hall–Kier alpha value is -0.720. The second kappa shape index (κ2) is 7.17. The first-order valence-corrected chi connectivity index (χ1v) is 7.93. The van der Waals surface area contributed by atoms with Crippen LogP contribution < -0.4 is 10.1 Å². The maximum atomic E-state index is 5.91. The Kier molecular flexibility index (Phi) is 5.54. The standard InChI is InChI=1S/C13H23N3O2S/c1-4-5-16-13(10(17-3)8-15-16)12(14-2)11-9-19-7-6-18-11/h8,11-12,14H,4-7,9H2,1-3H3. The number of thioether (sulfide) groups is 1. The molecule has 2 heterocycles. The highest BCUT2D eigenvalue weighted by Crippen LogP contribution is 2.31. The normalized spacial score (nSPS) is 21.3. The molecule has 0 spiro atoms. The third kappa shape index (κ3) is 3.24.